The highest BCUT2D eigenvalue weighted by molar-refractivity contribution is 5.81. The van der Waals surface area contributed by atoms with Gasteiger partial charge in [0.1, 0.15) is 11.9 Å². The fourth-order valence-electron chi connectivity index (χ4n) is 5.27. The first-order valence-corrected chi connectivity index (χ1v) is 11.1. The molecular weight excluding hydrogens is 376 g/mol. The summed E-state index contributed by atoms with van der Waals surface area (Å²) < 4.78 is 28.9. The number of anilines is 1. The van der Waals surface area contributed by atoms with Crippen molar-refractivity contribution in [3.8, 4) is 0 Å². The van der Waals surface area contributed by atoms with Gasteiger partial charge in [0.2, 0.25) is 5.91 Å². The molecule has 0 spiro atoms. The molecule has 4 rings (SSSR count). The van der Waals surface area contributed by atoms with Crippen LogP contribution in [0.1, 0.15) is 57.2 Å². The van der Waals surface area contributed by atoms with Gasteiger partial charge in [-0.05, 0) is 65.0 Å². The molecule has 3 aliphatic rings. The maximum absolute atomic E-state index is 13.7. The third kappa shape index (κ3) is 4.27. The number of aryl methyl sites for hydroxylation is 1. The van der Waals surface area contributed by atoms with Gasteiger partial charge in [-0.15, -0.1) is 0 Å². The van der Waals surface area contributed by atoms with Crippen LogP contribution in [0.5, 0.6) is 0 Å². The molecule has 6 nitrogen and oxygen atoms in total. The number of fused-ring (bicyclic) bond motifs is 1. The number of alkyl halides is 2. The lowest BCUT2D eigenvalue weighted by molar-refractivity contribution is -0.138. The van der Waals surface area contributed by atoms with Crippen molar-refractivity contribution in [1.29, 1.82) is 0 Å². The monoisotopic (exact) mass is 409 g/mol. The van der Waals surface area contributed by atoms with Crippen molar-refractivity contribution in [2.24, 2.45) is 5.92 Å². The second kappa shape index (κ2) is 8.58. The number of halogens is 2. The van der Waals surface area contributed by atoms with E-state index in [2.05, 4.69) is 15.3 Å². The number of piperidine rings is 2. The van der Waals surface area contributed by atoms with Crippen molar-refractivity contribution < 1.29 is 13.6 Å². The summed E-state index contributed by atoms with van der Waals surface area (Å²) in [5.41, 5.74) is 0.745. The Kier molecular flexibility index (Phi) is 6.08. The van der Waals surface area contributed by atoms with Gasteiger partial charge in [-0.2, -0.15) is 5.10 Å². The second-order valence-corrected chi connectivity index (χ2v) is 8.96. The van der Waals surface area contributed by atoms with E-state index in [9.17, 15) is 13.6 Å². The Balaban J connectivity index is 1.43. The Labute approximate surface area is 171 Å². The molecule has 0 saturated carbocycles. The standard InChI is InChI=1S/C21H33F2N5O/c1-14-11-19-24-17(12-18(20(22)23)28(19)25-14)16-7-6-10-27(13-16)21(29)15(2)26-8-4-3-5-9-26/h11,15-18,20,24H,3-10,12-13H2,1-2H3/t15-,16-,17+,18-/m1/s1. The average molecular weight is 410 g/mol. The van der Waals surface area contributed by atoms with Gasteiger partial charge in [0.15, 0.2) is 0 Å². The summed E-state index contributed by atoms with van der Waals surface area (Å²) in [6.45, 7) is 7.26. The number of aromatic nitrogens is 2. The Morgan fingerprint density at radius 3 is 2.69 bits per heavy atom. The van der Waals surface area contributed by atoms with E-state index in [1.165, 1.54) is 11.1 Å². The SMILES string of the molecule is Cc1cc2n(n1)[C@@H](C(F)F)C[C@@H]([C@@H]1CCCN(C(=O)[C@@H](C)N3CCCCC3)C1)N2. The van der Waals surface area contributed by atoms with Crippen LogP contribution < -0.4 is 5.32 Å². The lowest BCUT2D eigenvalue weighted by Crippen LogP contribution is -2.53. The fraction of sp³-hybridized carbons (Fsp3) is 0.810. The van der Waals surface area contributed by atoms with Crippen LogP contribution in [0.25, 0.3) is 0 Å². The van der Waals surface area contributed by atoms with Crippen molar-refractivity contribution in [3.63, 3.8) is 0 Å². The Bertz CT molecular complexity index is 718. The van der Waals surface area contributed by atoms with Gasteiger partial charge in [-0.1, -0.05) is 6.42 Å². The van der Waals surface area contributed by atoms with Crippen molar-refractivity contribution in [3.05, 3.63) is 11.8 Å². The number of nitrogens with one attached hydrogen (secondary N) is 1. The van der Waals surface area contributed by atoms with Crippen LogP contribution >= 0.6 is 0 Å². The van der Waals surface area contributed by atoms with Crippen LogP contribution in [0.15, 0.2) is 6.07 Å². The number of rotatable bonds is 4. The van der Waals surface area contributed by atoms with E-state index in [1.807, 2.05) is 24.8 Å². The molecule has 162 valence electrons. The van der Waals surface area contributed by atoms with E-state index in [-0.39, 0.29) is 23.9 Å². The number of likely N-dealkylation sites (tertiary alicyclic amines) is 2. The van der Waals surface area contributed by atoms with E-state index < -0.39 is 12.5 Å². The first kappa shape index (κ1) is 20.6. The minimum Gasteiger partial charge on any atom is -0.367 e. The summed E-state index contributed by atoms with van der Waals surface area (Å²) in [5.74, 6) is 1.05. The molecule has 0 unspecified atom stereocenters. The maximum Gasteiger partial charge on any atom is 0.260 e. The quantitative estimate of drug-likeness (QED) is 0.829. The summed E-state index contributed by atoms with van der Waals surface area (Å²) >= 11 is 0. The van der Waals surface area contributed by atoms with Gasteiger partial charge in [0.05, 0.1) is 11.7 Å². The molecule has 2 saturated heterocycles. The normalized spacial score (nSPS) is 29.4. The lowest BCUT2D eigenvalue weighted by atomic mass is 9.85. The number of amides is 1. The molecular formula is C21H33F2N5O. The predicted octanol–water partition coefficient (Wildman–Crippen LogP) is 3.29. The van der Waals surface area contributed by atoms with Gasteiger partial charge in [-0.3, -0.25) is 9.69 Å². The Hall–Kier alpha value is -1.70. The van der Waals surface area contributed by atoms with Crippen LogP contribution in [0, 0.1) is 12.8 Å². The van der Waals surface area contributed by atoms with E-state index >= 15 is 0 Å². The molecule has 4 heterocycles. The fourth-order valence-corrected chi connectivity index (χ4v) is 5.27. The molecule has 1 aromatic heterocycles. The minimum absolute atomic E-state index is 0.0570. The molecule has 1 N–H and O–H groups in total. The van der Waals surface area contributed by atoms with Crippen molar-refractivity contribution in [2.45, 2.75) is 76.9 Å². The lowest BCUT2D eigenvalue weighted by Gasteiger charge is -2.42. The van der Waals surface area contributed by atoms with E-state index in [0.717, 1.165) is 51.0 Å². The molecule has 8 heteroatoms. The van der Waals surface area contributed by atoms with Crippen LogP contribution in [-0.4, -0.2) is 70.2 Å². The van der Waals surface area contributed by atoms with Crippen LogP contribution in [-0.2, 0) is 4.79 Å². The Morgan fingerprint density at radius 1 is 1.21 bits per heavy atom. The summed E-state index contributed by atoms with van der Waals surface area (Å²) in [7, 11) is 0. The van der Waals surface area contributed by atoms with Gasteiger partial charge in [0.25, 0.3) is 6.43 Å². The summed E-state index contributed by atoms with van der Waals surface area (Å²) in [5, 5.41) is 7.70. The van der Waals surface area contributed by atoms with Crippen LogP contribution in [0.2, 0.25) is 0 Å². The molecule has 0 bridgehead atoms. The van der Waals surface area contributed by atoms with Gasteiger partial charge >= 0.3 is 0 Å². The van der Waals surface area contributed by atoms with E-state index in [1.54, 1.807) is 0 Å². The topological polar surface area (TPSA) is 53.4 Å². The first-order chi connectivity index (χ1) is 13.9. The maximum atomic E-state index is 13.7. The van der Waals surface area contributed by atoms with Gasteiger partial charge in [-0.25, -0.2) is 13.5 Å². The van der Waals surface area contributed by atoms with Gasteiger partial charge in [0, 0.05) is 25.2 Å². The molecule has 0 aromatic carbocycles. The zero-order chi connectivity index (χ0) is 20.5. The molecule has 1 amide bonds. The first-order valence-electron chi connectivity index (χ1n) is 11.1. The van der Waals surface area contributed by atoms with E-state index in [4.69, 9.17) is 0 Å². The van der Waals surface area contributed by atoms with Crippen molar-refractivity contribution in [1.82, 2.24) is 19.6 Å². The third-order valence-electron chi connectivity index (χ3n) is 6.93. The molecule has 29 heavy (non-hydrogen) atoms. The molecule has 0 aliphatic carbocycles. The van der Waals surface area contributed by atoms with Crippen molar-refractivity contribution >= 4 is 11.7 Å². The van der Waals surface area contributed by atoms with Crippen molar-refractivity contribution in [2.75, 3.05) is 31.5 Å². The number of carbonyl (C=O) groups excluding carboxylic acids is 1. The third-order valence-corrected chi connectivity index (χ3v) is 6.93. The zero-order valence-corrected chi connectivity index (χ0v) is 17.5. The molecule has 3 aliphatic heterocycles. The van der Waals surface area contributed by atoms with E-state index in [0.29, 0.717) is 18.8 Å². The van der Waals surface area contributed by atoms with Crippen LogP contribution in [0.4, 0.5) is 14.6 Å². The average Bonchev–Trinajstić information content (AvgIpc) is 3.12. The zero-order valence-electron chi connectivity index (χ0n) is 17.5. The largest absolute Gasteiger partial charge is 0.367 e. The minimum atomic E-state index is -2.45. The second-order valence-electron chi connectivity index (χ2n) is 8.96. The smallest absolute Gasteiger partial charge is 0.260 e. The van der Waals surface area contributed by atoms with Gasteiger partial charge < -0.3 is 10.2 Å². The molecule has 0 radical (unpaired) electrons. The number of hydrogen-bond acceptors (Lipinski definition) is 4. The predicted molar refractivity (Wildman–Crippen MR) is 108 cm³/mol. The highest BCUT2D eigenvalue weighted by atomic mass is 19.3. The summed E-state index contributed by atoms with van der Waals surface area (Å²) in [6.07, 6.45) is 3.36. The number of carbonyl (C=O) groups is 1. The highest BCUT2D eigenvalue weighted by Gasteiger charge is 2.39. The van der Waals surface area contributed by atoms with Crippen LogP contribution in [0.3, 0.4) is 0 Å². The summed E-state index contributed by atoms with van der Waals surface area (Å²) in [4.78, 5) is 17.4. The highest BCUT2D eigenvalue weighted by Crippen LogP contribution is 2.36. The number of hydrogen-bond donors (Lipinski definition) is 1. The molecule has 1 aromatic rings. The number of nitrogens with zero attached hydrogens (tertiary/aromatic N) is 4. The molecule has 4 atom stereocenters. The Morgan fingerprint density at radius 2 is 1.97 bits per heavy atom. The molecule has 2 fully saturated rings. The summed E-state index contributed by atoms with van der Waals surface area (Å²) in [6, 6.07) is 0.791.